The van der Waals surface area contributed by atoms with Crippen molar-refractivity contribution in [1.29, 1.82) is 0 Å². The number of hydrogen-bond acceptors (Lipinski definition) is 5. The first kappa shape index (κ1) is 14.9. The fraction of sp³-hybridized carbons (Fsp3) is 0.462. The van der Waals surface area contributed by atoms with Gasteiger partial charge in [-0.2, -0.15) is 0 Å². The van der Waals surface area contributed by atoms with Gasteiger partial charge in [0.15, 0.2) is 0 Å². The number of rotatable bonds is 6. The Morgan fingerprint density at radius 2 is 2.11 bits per heavy atom. The van der Waals surface area contributed by atoms with E-state index in [9.17, 15) is 14.9 Å². The van der Waals surface area contributed by atoms with E-state index in [2.05, 4.69) is 0 Å². The summed E-state index contributed by atoms with van der Waals surface area (Å²) >= 11 is 0. The average Bonchev–Trinajstić information content (AvgIpc) is 2.36. The smallest absolute Gasteiger partial charge is 0.340 e. The second-order valence-electron chi connectivity index (χ2n) is 4.35. The number of nitrogens with two attached hydrogens (primary N) is 1. The Morgan fingerprint density at radius 1 is 1.42 bits per heavy atom. The van der Waals surface area contributed by atoms with Crippen molar-refractivity contribution in [3.8, 4) is 0 Å². The van der Waals surface area contributed by atoms with Gasteiger partial charge < -0.3 is 10.5 Å². The molecule has 0 bridgehead atoms. The second kappa shape index (κ2) is 6.72. The maximum Gasteiger partial charge on any atom is 0.340 e. The Hall–Kier alpha value is -2.11. The largest absolute Gasteiger partial charge is 0.462 e. The van der Waals surface area contributed by atoms with E-state index in [1.54, 1.807) is 6.92 Å². The van der Waals surface area contributed by atoms with Crippen molar-refractivity contribution in [2.24, 2.45) is 0 Å². The van der Waals surface area contributed by atoms with Gasteiger partial charge >= 0.3 is 5.97 Å². The number of carbonyl (C=O) groups excluding carboxylic acids is 1. The van der Waals surface area contributed by atoms with Crippen molar-refractivity contribution in [2.75, 3.05) is 12.3 Å². The van der Waals surface area contributed by atoms with Crippen LogP contribution in [0.4, 0.5) is 11.4 Å². The first-order valence-corrected chi connectivity index (χ1v) is 6.19. The highest BCUT2D eigenvalue weighted by Crippen LogP contribution is 2.27. The maximum absolute atomic E-state index is 11.8. The molecular weight excluding hydrogens is 248 g/mol. The van der Waals surface area contributed by atoms with E-state index in [1.807, 2.05) is 6.92 Å². The van der Waals surface area contributed by atoms with Crippen molar-refractivity contribution in [1.82, 2.24) is 0 Å². The highest BCUT2D eigenvalue weighted by Gasteiger charge is 2.21. The van der Waals surface area contributed by atoms with E-state index >= 15 is 0 Å². The summed E-state index contributed by atoms with van der Waals surface area (Å²) in [6, 6.07) is 2.84. The summed E-state index contributed by atoms with van der Waals surface area (Å²) < 4.78 is 5.06. The fourth-order valence-electron chi connectivity index (χ4n) is 1.69. The molecule has 0 amide bonds. The van der Waals surface area contributed by atoms with Gasteiger partial charge in [-0.1, -0.05) is 19.8 Å². The number of nitrogens with zero attached hydrogens (tertiary/aromatic N) is 1. The van der Waals surface area contributed by atoms with Crippen molar-refractivity contribution in [3.05, 3.63) is 33.4 Å². The number of nitrogen functional groups attached to an aromatic ring is 1. The van der Waals surface area contributed by atoms with Crippen LogP contribution in [0.15, 0.2) is 12.1 Å². The van der Waals surface area contributed by atoms with Gasteiger partial charge in [-0.05, 0) is 25.0 Å². The summed E-state index contributed by atoms with van der Waals surface area (Å²) in [6.45, 7) is 4.01. The molecule has 0 aliphatic rings. The van der Waals surface area contributed by atoms with Gasteiger partial charge in [0.2, 0.25) is 0 Å². The lowest BCUT2D eigenvalue weighted by molar-refractivity contribution is -0.384. The minimum absolute atomic E-state index is 0.0585. The van der Waals surface area contributed by atoms with Crippen LogP contribution in [0.2, 0.25) is 0 Å². The van der Waals surface area contributed by atoms with Crippen LogP contribution in [-0.4, -0.2) is 17.5 Å². The van der Waals surface area contributed by atoms with Crippen LogP contribution in [0, 0.1) is 17.0 Å². The van der Waals surface area contributed by atoms with E-state index < -0.39 is 10.9 Å². The van der Waals surface area contributed by atoms with E-state index in [1.165, 1.54) is 12.1 Å². The first-order chi connectivity index (χ1) is 8.97. The molecule has 0 aliphatic carbocycles. The zero-order chi connectivity index (χ0) is 14.4. The number of benzene rings is 1. The molecule has 104 valence electrons. The van der Waals surface area contributed by atoms with Gasteiger partial charge in [0.05, 0.1) is 17.1 Å². The summed E-state index contributed by atoms with van der Waals surface area (Å²) in [4.78, 5) is 22.1. The number of ether oxygens (including phenoxy) is 1. The summed E-state index contributed by atoms with van der Waals surface area (Å²) in [7, 11) is 0. The Balaban J connectivity index is 2.88. The zero-order valence-electron chi connectivity index (χ0n) is 11.1. The number of esters is 1. The highest BCUT2D eigenvalue weighted by atomic mass is 16.6. The molecule has 6 heteroatoms. The maximum atomic E-state index is 11.8. The molecule has 0 radical (unpaired) electrons. The average molecular weight is 266 g/mol. The molecule has 0 saturated carbocycles. The van der Waals surface area contributed by atoms with Crippen LogP contribution in [0.1, 0.15) is 42.1 Å². The molecule has 6 nitrogen and oxygen atoms in total. The molecule has 1 rings (SSSR count). The summed E-state index contributed by atoms with van der Waals surface area (Å²) in [6.07, 6.45) is 2.77. The van der Waals surface area contributed by atoms with Crippen molar-refractivity contribution in [3.63, 3.8) is 0 Å². The highest BCUT2D eigenvalue weighted by molar-refractivity contribution is 5.97. The molecule has 0 unspecified atom stereocenters. The molecular formula is C13H18N2O4. The number of aryl methyl sites for hydroxylation is 1. The third-order valence-electron chi connectivity index (χ3n) is 2.70. The quantitative estimate of drug-likeness (QED) is 0.281. The molecule has 0 heterocycles. The predicted molar refractivity (Wildman–Crippen MR) is 72.1 cm³/mol. The molecule has 2 N–H and O–H groups in total. The topological polar surface area (TPSA) is 95.5 Å². The molecule has 0 aromatic heterocycles. The number of carbonyl (C=O) groups is 1. The van der Waals surface area contributed by atoms with E-state index in [4.69, 9.17) is 10.5 Å². The van der Waals surface area contributed by atoms with Crippen molar-refractivity contribution in [2.45, 2.75) is 33.1 Å². The normalized spacial score (nSPS) is 10.2. The van der Waals surface area contributed by atoms with Crippen LogP contribution < -0.4 is 5.73 Å². The third kappa shape index (κ3) is 3.94. The Bertz CT molecular complexity index is 486. The van der Waals surface area contributed by atoms with Gasteiger partial charge in [-0.25, -0.2) is 4.79 Å². The van der Waals surface area contributed by atoms with Gasteiger partial charge in [-0.3, -0.25) is 10.1 Å². The van der Waals surface area contributed by atoms with Crippen LogP contribution in [0.3, 0.4) is 0 Å². The molecule has 0 aliphatic heterocycles. The van der Waals surface area contributed by atoms with Crippen LogP contribution in [0.25, 0.3) is 0 Å². The standard InChI is InChI=1S/C13H18N2O4/c1-3-4-5-6-19-13(16)10-7-9(2)8-11(12(10)14)15(17)18/h7-8H,3-6,14H2,1-2H3. The van der Waals surface area contributed by atoms with E-state index in [0.717, 1.165) is 19.3 Å². The van der Waals surface area contributed by atoms with Crippen LogP contribution in [-0.2, 0) is 4.74 Å². The Morgan fingerprint density at radius 3 is 2.68 bits per heavy atom. The van der Waals surface area contributed by atoms with Gasteiger partial charge in [0.25, 0.3) is 5.69 Å². The number of anilines is 1. The second-order valence-corrected chi connectivity index (χ2v) is 4.35. The Labute approximate surface area is 111 Å². The SMILES string of the molecule is CCCCCOC(=O)c1cc(C)cc([N+](=O)[O-])c1N. The van der Waals surface area contributed by atoms with E-state index in [0.29, 0.717) is 12.2 Å². The monoisotopic (exact) mass is 266 g/mol. The summed E-state index contributed by atoms with van der Waals surface area (Å²) in [5, 5.41) is 10.8. The minimum Gasteiger partial charge on any atom is -0.462 e. The molecule has 0 atom stereocenters. The van der Waals surface area contributed by atoms with Gasteiger partial charge in [0.1, 0.15) is 5.69 Å². The molecule has 0 spiro atoms. The third-order valence-corrected chi connectivity index (χ3v) is 2.70. The molecule has 1 aromatic carbocycles. The molecule has 1 aromatic rings. The number of nitro benzene ring substituents is 1. The predicted octanol–water partition coefficient (Wildman–Crippen LogP) is 2.83. The van der Waals surface area contributed by atoms with Gasteiger partial charge in [0, 0.05) is 6.07 Å². The lowest BCUT2D eigenvalue weighted by Gasteiger charge is -2.08. The lowest BCUT2D eigenvalue weighted by atomic mass is 10.1. The number of unbranched alkanes of at least 4 members (excludes halogenated alkanes) is 2. The van der Waals surface area contributed by atoms with Crippen LogP contribution >= 0.6 is 0 Å². The molecule has 0 fully saturated rings. The fourth-order valence-corrected chi connectivity index (χ4v) is 1.69. The summed E-state index contributed by atoms with van der Waals surface area (Å²) in [5.41, 5.74) is 5.89. The first-order valence-electron chi connectivity index (χ1n) is 6.19. The van der Waals surface area contributed by atoms with Crippen LogP contribution in [0.5, 0.6) is 0 Å². The number of nitro groups is 1. The summed E-state index contributed by atoms with van der Waals surface area (Å²) in [5.74, 6) is -0.611. The molecule has 19 heavy (non-hydrogen) atoms. The van der Waals surface area contributed by atoms with Crippen molar-refractivity contribution < 1.29 is 14.5 Å². The number of hydrogen-bond donors (Lipinski definition) is 1. The minimum atomic E-state index is -0.611. The molecule has 0 saturated heterocycles. The van der Waals surface area contributed by atoms with Crippen molar-refractivity contribution >= 4 is 17.3 Å². The lowest BCUT2D eigenvalue weighted by Crippen LogP contribution is -2.11. The Kier molecular flexibility index (Phi) is 5.29. The van der Waals surface area contributed by atoms with E-state index in [-0.39, 0.29) is 16.9 Å². The van der Waals surface area contributed by atoms with Gasteiger partial charge in [-0.15, -0.1) is 0 Å². The zero-order valence-corrected chi connectivity index (χ0v) is 11.1.